The maximum absolute atomic E-state index is 15.7. The van der Waals surface area contributed by atoms with Crippen LogP contribution >= 0.6 is 0 Å². The van der Waals surface area contributed by atoms with E-state index in [-0.39, 0.29) is 47.7 Å². The molecule has 10 nitrogen and oxygen atoms in total. The Kier molecular flexibility index (Phi) is 9.98. The van der Waals surface area contributed by atoms with E-state index in [0.717, 1.165) is 18.4 Å². The van der Waals surface area contributed by atoms with Crippen molar-refractivity contribution in [3.8, 4) is 16.9 Å². The van der Waals surface area contributed by atoms with E-state index in [2.05, 4.69) is 5.32 Å². The van der Waals surface area contributed by atoms with Gasteiger partial charge in [0.05, 0.1) is 30.0 Å². The number of pyridine rings is 1. The number of hydrogen-bond donors (Lipinski definition) is 2. The van der Waals surface area contributed by atoms with Crippen molar-refractivity contribution in [1.82, 2.24) is 9.88 Å². The number of carbonyl (C=O) groups excluding carboxylic acids is 2. The summed E-state index contributed by atoms with van der Waals surface area (Å²) in [6.07, 6.45) is 3.10. The molecule has 2 heterocycles. The number of piperazine rings is 1. The lowest BCUT2D eigenvalue weighted by Gasteiger charge is -2.35. The van der Waals surface area contributed by atoms with Crippen LogP contribution in [-0.2, 0) is 14.3 Å². The molecule has 1 saturated heterocycles. The molecule has 2 fully saturated rings. The summed E-state index contributed by atoms with van der Waals surface area (Å²) in [5.74, 6) is -3.15. The van der Waals surface area contributed by atoms with Crippen LogP contribution in [0, 0.1) is 11.6 Å². The van der Waals surface area contributed by atoms with Crippen LogP contribution < -0.4 is 26.1 Å². The van der Waals surface area contributed by atoms with Gasteiger partial charge in [-0.3, -0.25) is 9.59 Å². The highest BCUT2D eigenvalue weighted by molar-refractivity contribution is 5.97. The van der Waals surface area contributed by atoms with Crippen LogP contribution in [-0.4, -0.2) is 68.5 Å². The number of halogens is 2. The predicted molar refractivity (Wildman–Crippen MR) is 182 cm³/mol. The Labute approximate surface area is 282 Å². The second-order valence-electron chi connectivity index (χ2n) is 12.8. The summed E-state index contributed by atoms with van der Waals surface area (Å²) in [6.45, 7) is 4.79. The zero-order valence-corrected chi connectivity index (χ0v) is 27.7. The third-order valence-electron chi connectivity index (χ3n) is 9.05. The monoisotopic (exact) mass is 674 g/mol. The molecule has 0 amide bonds. The largest absolute Gasteiger partial charge is 0.492 e. The number of anilines is 1. The summed E-state index contributed by atoms with van der Waals surface area (Å²) >= 11 is 0. The molecular weight excluding hydrogens is 634 g/mol. The lowest BCUT2D eigenvalue weighted by atomic mass is 9.97. The van der Waals surface area contributed by atoms with Crippen LogP contribution in [0.15, 0.2) is 65.6 Å². The van der Waals surface area contributed by atoms with Crippen molar-refractivity contribution in [2.24, 2.45) is 5.73 Å². The van der Waals surface area contributed by atoms with E-state index in [1.807, 2.05) is 30.0 Å². The molecule has 3 N–H and O–H groups in total. The molecule has 3 aromatic carbocycles. The SMILES string of the molecule is COc1c(N2CCNC(C)C2)c(F)cc2c(=O)c(C(=O)OCC(N)COC(=O)C(C)c3ccc(-c4ccccc4)c(F)c3)cn(C3CC3)c12. The molecule has 1 saturated carbocycles. The first-order valence-electron chi connectivity index (χ1n) is 16.4. The number of esters is 2. The first kappa shape index (κ1) is 34.1. The second-order valence-corrected chi connectivity index (χ2v) is 12.8. The van der Waals surface area contributed by atoms with Gasteiger partial charge in [-0.1, -0.05) is 42.5 Å². The molecule has 1 aromatic heterocycles. The Bertz CT molecular complexity index is 1930. The summed E-state index contributed by atoms with van der Waals surface area (Å²) in [4.78, 5) is 41.5. The predicted octanol–water partition coefficient (Wildman–Crippen LogP) is 4.92. The molecule has 258 valence electrons. The maximum atomic E-state index is 15.7. The average Bonchev–Trinajstić information content (AvgIpc) is 3.95. The molecule has 3 atom stereocenters. The number of benzene rings is 3. The molecule has 0 bridgehead atoms. The molecule has 0 radical (unpaired) electrons. The van der Waals surface area contributed by atoms with Crippen molar-refractivity contribution in [3.63, 3.8) is 0 Å². The maximum Gasteiger partial charge on any atom is 0.343 e. The third-order valence-corrected chi connectivity index (χ3v) is 9.05. The van der Waals surface area contributed by atoms with Gasteiger partial charge >= 0.3 is 11.9 Å². The van der Waals surface area contributed by atoms with Crippen molar-refractivity contribution < 1.29 is 32.6 Å². The highest BCUT2D eigenvalue weighted by Gasteiger charge is 2.32. The van der Waals surface area contributed by atoms with E-state index < -0.39 is 41.0 Å². The highest BCUT2D eigenvalue weighted by Crippen LogP contribution is 2.44. The van der Waals surface area contributed by atoms with E-state index in [4.69, 9.17) is 19.9 Å². The number of aromatic nitrogens is 1. The zero-order valence-electron chi connectivity index (χ0n) is 27.7. The zero-order chi connectivity index (χ0) is 34.8. The summed E-state index contributed by atoms with van der Waals surface area (Å²) in [5.41, 5.74) is 7.45. The van der Waals surface area contributed by atoms with Crippen molar-refractivity contribution in [2.45, 2.75) is 50.7 Å². The van der Waals surface area contributed by atoms with Crippen LogP contribution in [0.1, 0.15) is 54.6 Å². The molecule has 4 aromatic rings. The number of nitrogens with zero attached hydrogens (tertiary/aromatic N) is 2. The fourth-order valence-corrected chi connectivity index (χ4v) is 6.26. The standard InChI is InChI=1S/C37H40F2N4O6/c1-21-17-42(14-13-41-21)33-31(39)16-28-32(35(33)47-3)43(26-10-11-26)18-29(34(28)44)37(46)49-20-25(40)19-48-36(45)22(2)24-9-12-27(30(38)15-24)23-7-5-4-6-8-23/h4-9,12,15-16,18,21-22,25-26,41H,10-11,13-14,17,19-20,40H2,1-3H3. The minimum absolute atomic E-state index is 0.00971. The van der Waals surface area contributed by atoms with Gasteiger partial charge in [0, 0.05) is 43.5 Å². The van der Waals surface area contributed by atoms with Gasteiger partial charge in [-0.25, -0.2) is 13.6 Å². The van der Waals surface area contributed by atoms with Gasteiger partial charge in [0.25, 0.3) is 0 Å². The lowest BCUT2D eigenvalue weighted by molar-refractivity contribution is -0.145. The van der Waals surface area contributed by atoms with Gasteiger partial charge in [0.15, 0.2) is 11.6 Å². The van der Waals surface area contributed by atoms with Crippen molar-refractivity contribution in [3.05, 3.63) is 93.8 Å². The number of hydrogen-bond acceptors (Lipinski definition) is 9. The molecule has 1 aliphatic heterocycles. The van der Waals surface area contributed by atoms with Crippen LogP contribution in [0.25, 0.3) is 22.0 Å². The summed E-state index contributed by atoms with van der Waals surface area (Å²) in [6, 6.07) is 14.1. The van der Waals surface area contributed by atoms with Gasteiger partial charge in [-0.15, -0.1) is 0 Å². The van der Waals surface area contributed by atoms with E-state index in [0.29, 0.717) is 36.3 Å². The minimum atomic E-state index is -0.926. The fraction of sp³-hybridized carbons (Fsp3) is 0.378. The molecule has 3 unspecified atom stereocenters. The quantitative estimate of drug-likeness (QED) is 0.213. The van der Waals surface area contributed by atoms with Crippen molar-refractivity contribution >= 4 is 28.5 Å². The van der Waals surface area contributed by atoms with Crippen molar-refractivity contribution in [1.29, 1.82) is 0 Å². The second kappa shape index (κ2) is 14.4. The number of carbonyl (C=O) groups is 2. The first-order valence-corrected chi connectivity index (χ1v) is 16.4. The van der Waals surface area contributed by atoms with Crippen LogP contribution in [0.4, 0.5) is 14.5 Å². The molecule has 12 heteroatoms. The fourth-order valence-electron chi connectivity index (χ4n) is 6.26. The number of fused-ring (bicyclic) bond motifs is 1. The van der Waals surface area contributed by atoms with Crippen molar-refractivity contribution in [2.75, 3.05) is 44.9 Å². The average molecular weight is 675 g/mol. The van der Waals surface area contributed by atoms with E-state index in [1.165, 1.54) is 25.4 Å². The van der Waals surface area contributed by atoms with Gasteiger partial charge < -0.3 is 34.7 Å². The van der Waals surface area contributed by atoms with E-state index in [1.54, 1.807) is 35.8 Å². The smallest absolute Gasteiger partial charge is 0.343 e. The number of ether oxygens (including phenoxy) is 3. The third kappa shape index (κ3) is 7.16. The van der Waals surface area contributed by atoms with Gasteiger partial charge in [0.1, 0.15) is 30.3 Å². The Morgan fingerprint density at radius 2 is 1.78 bits per heavy atom. The summed E-state index contributed by atoms with van der Waals surface area (Å²) < 4.78 is 48.9. The van der Waals surface area contributed by atoms with E-state index in [9.17, 15) is 18.8 Å². The molecule has 6 rings (SSSR count). The highest BCUT2D eigenvalue weighted by atomic mass is 19.1. The molecular formula is C37H40F2N4O6. The van der Waals surface area contributed by atoms with Crippen LogP contribution in [0.3, 0.4) is 0 Å². The minimum Gasteiger partial charge on any atom is -0.492 e. The Balaban J connectivity index is 1.13. The number of methoxy groups -OCH3 is 1. The van der Waals surface area contributed by atoms with Gasteiger partial charge in [-0.05, 0) is 49.9 Å². The Morgan fingerprint density at radius 3 is 2.45 bits per heavy atom. The molecule has 2 aliphatic rings. The topological polar surface area (TPSA) is 125 Å². The van der Waals surface area contributed by atoms with Gasteiger partial charge in [0.2, 0.25) is 5.43 Å². The normalized spacial score (nSPS) is 17.4. The number of rotatable bonds is 11. The summed E-state index contributed by atoms with van der Waals surface area (Å²) in [7, 11) is 1.45. The summed E-state index contributed by atoms with van der Waals surface area (Å²) in [5, 5.41) is 3.36. The van der Waals surface area contributed by atoms with Crippen LogP contribution in [0.2, 0.25) is 0 Å². The number of nitrogens with one attached hydrogen (secondary N) is 1. The molecule has 1 aliphatic carbocycles. The van der Waals surface area contributed by atoms with Crippen LogP contribution in [0.5, 0.6) is 5.75 Å². The molecule has 49 heavy (non-hydrogen) atoms. The van der Waals surface area contributed by atoms with Gasteiger partial charge in [-0.2, -0.15) is 0 Å². The number of nitrogens with two attached hydrogens (primary N) is 1. The van der Waals surface area contributed by atoms with E-state index >= 15 is 4.39 Å². The lowest BCUT2D eigenvalue weighted by Crippen LogP contribution is -2.49. The Hall–Kier alpha value is -4.81. The Morgan fingerprint density at radius 1 is 1.04 bits per heavy atom. The molecule has 0 spiro atoms. The first-order chi connectivity index (χ1) is 23.6.